The second-order valence-corrected chi connectivity index (χ2v) is 13.7. The van der Waals surface area contributed by atoms with Crippen molar-refractivity contribution in [2.45, 2.75) is 70.7 Å². The van der Waals surface area contributed by atoms with E-state index in [1.165, 1.54) is 7.11 Å². The van der Waals surface area contributed by atoms with Gasteiger partial charge < -0.3 is 34.7 Å². The van der Waals surface area contributed by atoms with E-state index >= 15 is 0 Å². The van der Waals surface area contributed by atoms with Crippen molar-refractivity contribution in [3.05, 3.63) is 90.1 Å². The van der Waals surface area contributed by atoms with E-state index in [1.807, 2.05) is 93.6 Å². The molecule has 0 spiro atoms. The Morgan fingerprint density at radius 1 is 0.960 bits per heavy atom. The van der Waals surface area contributed by atoms with E-state index in [2.05, 4.69) is 21.0 Å². The number of fused-ring (bicyclic) bond motifs is 1. The van der Waals surface area contributed by atoms with Crippen LogP contribution in [0.4, 0.5) is 9.59 Å². The number of carbonyl (C=O) groups is 3. The second-order valence-electron chi connectivity index (χ2n) is 13.7. The summed E-state index contributed by atoms with van der Waals surface area (Å²) in [6.45, 7) is 6.38. The maximum absolute atomic E-state index is 13.7. The van der Waals surface area contributed by atoms with E-state index in [9.17, 15) is 19.5 Å². The lowest BCUT2D eigenvalue weighted by Crippen LogP contribution is -2.59. The van der Waals surface area contributed by atoms with Crippen molar-refractivity contribution < 1.29 is 38.4 Å². The van der Waals surface area contributed by atoms with Gasteiger partial charge in [0, 0.05) is 24.8 Å². The van der Waals surface area contributed by atoms with Gasteiger partial charge >= 0.3 is 12.2 Å². The SMILES string of the molecule is COC(=O)N[C@H](C(=O)N[C@@H](Cc1ccccc1)[C@H](O)CN(Cc1ccc(-c2ccccn2)cc1)NC(=O)O[C@H]1CO[C@H]2OCC[C@H]21)C(C)(C)C. The molecule has 2 saturated heterocycles. The number of hydrogen-bond donors (Lipinski definition) is 4. The normalized spacial score (nSPS) is 20.3. The largest absolute Gasteiger partial charge is 0.453 e. The Balaban J connectivity index is 1.35. The number of alkyl carbamates (subject to hydrolysis) is 1. The predicted molar refractivity (Wildman–Crippen MR) is 184 cm³/mol. The first kappa shape index (κ1) is 36.7. The molecule has 0 saturated carbocycles. The van der Waals surface area contributed by atoms with Gasteiger partial charge in [0.2, 0.25) is 5.91 Å². The minimum Gasteiger partial charge on any atom is -0.453 e. The van der Waals surface area contributed by atoms with Crippen LogP contribution in [0, 0.1) is 11.3 Å². The third kappa shape index (κ3) is 10.0. The van der Waals surface area contributed by atoms with Crippen LogP contribution < -0.4 is 16.1 Å². The van der Waals surface area contributed by atoms with Crippen molar-refractivity contribution in [1.29, 1.82) is 0 Å². The zero-order valence-electron chi connectivity index (χ0n) is 28.9. The molecular weight excluding hydrogens is 642 g/mol. The van der Waals surface area contributed by atoms with Crippen LogP contribution in [0.25, 0.3) is 11.3 Å². The highest BCUT2D eigenvalue weighted by Gasteiger charge is 2.44. The third-order valence-electron chi connectivity index (χ3n) is 8.85. The molecule has 0 radical (unpaired) electrons. The highest BCUT2D eigenvalue weighted by molar-refractivity contribution is 5.86. The maximum atomic E-state index is 13.7. The van der Waals surface area contributed by atoms with Gasteiger partial charge in [0.25, 0.3) is 0 Å². The average Bonchev–Trinajstić information content (AvgIpc) is 3.72. The molecule has 13 heteroatoms. The lowest BCUT2D eigenvalue weighted by Gasteiger charge is -2.34. The van der Waals surface area contributed by atoms with Gasteiger partial charge in [0.1, 0.15) is 12.1 Å². The number of nitrogens with one attached hydrogen (secondary N) is 3. The maximum Gasteiger partial charge on any atom is 0.422 e. The summed E-state index contributed by atoms with van der Waals surface area (Å²) >= 11 is 0. The zero-order chi connectivity index (χ0) is 35.7. The average molecular weight is 690 g/mol. The molecule has 2 aromatic carbocycles. The summed E-state index contributed by atoms with van der Waals surface area (Å²) in [6.07, 6.45) is -0.708. The minimum absolute atomic E-state index is 0.0428. The number of amides is 3. The molecule has 0 bridgehead atoms. The van der Waals surface area contributed by atoms with Crippen LogP contribution in [0.15, 0.2) is 79.0 Å². The first-order valence-corrected chi connectivity index (χ1v) is 16.8. The Kier molecular flexibility index (Phi) is 12.4. The minimum atomic E-state index is -1.17. The number of nitrogens with zero attached hydrogens (tertiary/aromatic N) is 2. The van der Waals surface area contributed by atoms with E-state index in [4.69, 9.17) is 18.9 Å². The van der Waals surface area contributed by atoms with E-state index in [0.717, 1.165) is 28.8 Å². The molecule has 3 amide bonds. The molecule has 2 fully saturated rings. The van der Waals surface area contributed by atoms with Gasteiger partial charge in [0.15, 0.2) is 6.29 Å². The topological polar surface area (TPSA) is 161 Å². The number of aliphatic hydroxyl groups excluding tert-OH is 1. The van der Waals surface area contributed by atoms with Crippen molar-refractivity contribution in [2.24, 2.45) is 11.3 Å². The van der Waals surface area contributed by atoms with E-state index in [1.54, 1.807) is 11.2 Å². The predicted octanol–water partition coefficient (Wildman–Crippen LogP) is 3.81. The van der Waals surface area contributed by atoms with Crippen LogP contribution in [-0.4, -0.2) is 90.6 Å². The van der Waals surface area contributed by atoms with E-state index < -0.39 is 47.8 Å². The zero-order valence-corrected chi connectivity index (χ0v) is 28.9. The molecule has 50 heavy (non-hydrogen) atoms. The van der Waals surface area contributed by atoms with Crippen molar-refractivity contribution >= 4 is 18.1 Å². The summed E-state index contributed by atoms with van der Waals surface area (Å²) in [6, 6.07) is 21.1. The first-order chi connectivity index (χ1) is 24.0. The summed E-state index contributed by atoms with van der Waals surface area (Å²) in [7, 11) is 1.23. The Morgan fingerprint density at radius 2 is 1.70 bits per heavy atom. The number of aromatic nitrogens is 1. The van der Waals surface area contributed by atoms with E-state index in [0.29, 0.717) is 6.61 Å². The monoisotopic (exact) mass is 689 g/mol. The molecule has 5 rings (SSSR count). The number of ether oxygens (including phenoxy) is 4. The van der Waals surface area contributed by atoms with Crippen LogP contribution in [-0.2, 0) is 36.7 Å². The number of aliphatic hydroxyl groups is 1. The molecule has 4 N–H and O–H groups in total. The molecule has 3 heterocycles. The van der Waals surface area contributed by atoms with Crippen LogP contribution in [0.2, 0.25) is 0 Å². The number of methoxy groups -OCH3 is 1. The fraction of sp³-hybridized carbons (Fsp3) is 0.459. The van der Waals surface area contributed by atoms with Crippen molar-refractivity contribution in [3.8, 4) is 11.3 Å². The summed E-state index contributed by atoms with van der Waals surface area (Å²) in [5, 5.41) is 18.9. The summed E-state index contributed by atoms with van der Waals surface area (Å²) in [5.74, 6) is -0.528. The van der Waals surface area contributed by atoms with Gasteiger partial charge in [-0.2, -0.15) is 0 Å². The number of hydrazine groups is 1. The van der Waals surface area contributed by atoms with Gasteiger partial charge in [-0.05, 0) is 41.5 Å². The molecule has 2 aliphatic heterocycles. The molecule has 0 aliphatic carbocycles. The number of pyridine rings is 1. The standard InChI is InChI=1S/C37H47N5O8/c1-37(2,3)32(40-35(45)47-4)33(44)39-29(20-24-10-6-5-7-11-24)30(43)22-42(41-36(46)50-31-23-49-34-27(31)17-19-48-34)21-25-13-15-26(16-14-25)28-12-8-9-18-38-28/h5-16,18,27,29-32,34,43H,17,19-23H2,1-4H3,(H,39,44)(H,40,45)(H,41,46)/t27-,29-,30+,31-,32+,34+/m0/s1. The molecule has 1 aromatic heterocycles. The summed E-state index contributed by atoms with van der Waals surface area (Å²) in [5.41, 5.74) is 5.64. The Morgan fingerprint density at radius 3 is 2.38 bits per heavy atom. The molecule has 6 atom stereocenters. The lowest BCUT2D eigenvalue weighted by molar-refractivity contribution is -0.127. The highest BCUT2D eigenvalue weighted by atomic mass is 16.7. The lowest BCUT2D eigenvalue weighted by atomic mass is 9.85. The van der Waals surface area contributed by atoms with Gasteiger partial charge in [-0.1, -0.05) is 81.4 Å². The molecule has 268 valence electrons. The summed E-state index contributed by atoms with van der Waals surface area (Å²) in [4.78, 5) is 43.6. The van der Waals surface area contributed by atoms with Crippen LogP contribution >= 0.6 is 0 Å². The fourth-order valence-corrected chi connectivity index (χ4v) is 6.15. The van der Waals surface area contributed by atoms with Crippen molar-refractivity contribution in [1.82, 2.24) is 26.1 Å². The van der Waals surface area contributed by atoms with Gasteiger partial charge in [0.05, 0.1) is 44.1 Å². The van der Waals surface area contributed by atoms with Gasteiger partial charge in [-0.25, -0.2) is 14.6 Å². The number of rotatable bonds is 13. The van der Waals surface area contributed by atoms with Gasteiger partial charge in [-0.15, -0.1) is 0 Å². The van der Waals surface area contributed by atoms with Crippen LogP contribution in [0.1, 0.15) is 38.3 Å². The number of carbonyl (C=O) groups excluding carboxylic acids is 3. The van der Waals surface area contributed by atoms with E-state index in [-0.39, 0.29) is 38.3 Å². The second kappa shape index (κ2) is 16.9. The van der Waals surface area contributed by atoms with Gasteiger partial charge in [-0.3, -0.25) is 15.2 Å². The quantitative estimate of drug-likeness (QED) is 0.194. The Hall–Kier alpha value is -4.56. The van der Waals surface area contributed by atoms with Crippen LogP contribution in [0.5, 0.6) is 0 Å². The van der Waals surface area contributed by atoms with Crippen LogP contribution in [0.3, 0.4) is 0 Å². The van der Waals surface area contributed by atoms with Crippen molar-refractivity contribution in [2.75, 3.05) is 26.9 Å². The first-order valence-electron chi connectivity index (χ1n) is 16.8. The third-order valence-corrected chi connectivity index (χ3v) is 8.85. The molecular formula is C37H47N5O8. The molecule has 13 nitrogen and oxygen atoms in total. The highest BCUT2D eigenvalue weighted by Crippen LogP contribution is 2.33. The smallest absolute Gasteiger partial charge is 0.422 e. The number of benzene rings is 2. The fourth-order valence-electron chi connectivity index (χ4n) is 6.15. The number of hydrogen-bond acceptors (Lipinski definition) is 10. The molecule has 0 unspecified atom stereocenters. The van der Waals surface area contributed by atoms with Crippen molar-refractivity contribution in [3.63, 3.8) is 0 Å². The Bertz CT molecular complexity index is 1550. The molecule has 3 aromatic rings. The Labute approximate surface area is 292 Å². The molecule has 2 aliphatic rings. The summed E-state index contributed by atoms with van der Waals surface area (Å²) < 4.78 is 21.8.